The van der Waals surface area contributed by atoms with Crippen LogP contribution in [0.4, 0.5) is 23.1 Å². The fourth-order valence-corrected chi connectivity index (χ4v) is 4.52. The molecule has 1 aromatic carbocycles. The number of pyridine rings is 1. The molecule has 238 valence electrons. The van der Waals surface area contributed by atoms with Gasteiger partial charge in [-0.2, -0.15) is 4.98 Å². The molecular weight excluding hydrogens is 572 g/mol. The number of likely N-dealkylation sites (N-methyl/N-ethyl adjacent to an activating group) is 1. The Bertz CT molecular complexity index is 1440. The first-order chi connectivity index (χ1) is 21.9. The predicted octanol–water partition coefficient (Wildman–Crippen LogP) is 2.46. The molecule has 5 N–H and O–H groups in total. The molecule has 3 amide bonds. The van der Waals surface area contributed by atoms with Crippen molar-refractivity contribution in [2.24, 2.45) is 0 Å². The van der Waals surface area contributed by atoms with Crippen LogP contribution in [0.15, 0.2) is 67.1 Å². The Morgan fingerprint density at radius 1 is 0.956 bits per heavy atom. The second-order valence-corrected chi connectivity index (χ2v) is 10.7. The zero-order chi connectivity index (χ0) is 31.9. The molecule has 0 atom stereocenters. The number of nitrogens with zero attached hydrogens (tertiary/aromatic N) is 5. The number of carbonyl (C=O) groups excluding carboxylic acids is 3. The van der Waals surface area contributed by atoms with Crippen molar-refractivity contribution in [2.75, 3.05) is 80.7 Å². The molecule has 0 radical (unpaired) electrons. The molecule has 2 aromatic heterocycles. The second kappa shape index (κ2) is 17.4. The molecule has 3 aromatic rings. The number of benzene rings is 1. The molecule has 13 nitrogen and oxygen atoms in total. The van der Waals surface area contributed by atoms with Gasteiger partial charge < -0.3 is 31.5 Å². The van der Waals surface area contributed by atoms with Gasteiger partial charge >= 0.3 is 0 Å². The lowest BCUT2D eigenvalue weighted by Crippen LogP contribution is -2.44. The van der Waals surface area contributed by atoms with E-state index in [1.807, 2.05) is 25.1 Å². The summed E-state index contributed by atoms with van der Waals surface area (Å²) < 4.78 is 0. The van der Waals surface area contributed by atoms with Gasteiger partial charge in [0, 0.05) is 81.9 Å². The molecule has 0 saturated carbocycles. The Labute approximate surface area is 263 Å². The fourth-order valence-electron chi connectivity index (χ4n) is 4.52. The van der Waals surface area contributed by atoms with E-state index in [-0.39, 0.29) is 18.4 Å². The first kappa shape index (κ1) is 33.0. The number of hydrogen-bond donors (Lipinski definition) is 5. The molecule has 45 heavy (non-hydrogen) atoms. The lowest BCUT2D eigenvalue weighted by Gasteiger charge is -2.31. The van der Waals surface area contributed by atoms with Crippen molar-refractivity contribution in [1.82, 2.24) is 30.1 Å². The summed E-state index contributed by atoms with van der Waals surface area (Å²) in [6.45, 7) is 7.75. The molecule has 0 aliphatic carbocycles. The maximum absolute atomic E-state index is 13.2. The van der Waals surface area contributed by atoms with Gasteiger partial charge in [0.2, 0.25) is 17.8 Å². The minimum absolute atomic E-state index is 0.180. The zero-order valence-corrected chi connectivity index (χ0v) is 25.9. The fraction of sp³-hybridized carbons (Fsp3) is 0.375. The number of hydrogen-bond acceptors (Lipinski definition) is 10. The quantitative estimate of drug-likeness (QED) is 0.161. The smallest absolute Gasteiger partial charge is 0.260 e. The van der Waals surface area contributed by atoms with Crippen LogP contribution in [-0.2, 0) is 16.0 Å². The van der Waals surface area contributed by atoms with Crippen molar-refractivity contribution in [2.45, 2.75) is 19.8 Å². The van der Waals surface area contributed by atoms with Gasteiger partial charge in [-0.05, 0) is 55.8 Å². The summed E-state index contributed by atoms with van der Waals surface area (Å²) in [5.74, 6) is -0.262. The predicted molar refractivity (Wildman–Crippen MR) is 176 cm³/mol. The minimum atomic E-state index is -0.393. The van der Waals surface area contributed by atoms with Crippen molar-refractivity contribution in [1.29, 1.82) is 0 Å². The molecule has 4 rings (SSSR count). The van der Waals surface area contributed by atoms with E-state index in [9.17, 15) is 14.4 Å². The molecule has 0 bridgehead atoms. The van der Waals surface area contributed by atoms with Crippen LogP contribution in [0.2, 0.25) is 0 Å². The number of piperazine rings is 1. The first-order valence-corrected chi connectivity index (χ1v) is 15.2. The highest BCUT2D eigenvalue weighted by atomic mass is 16.2. The Morgan fingerprint density at radius 3 is 2.47 bits per heavy atom. The largest absolute Gasteiger partial charge is 0.369 e. The first-order valence-electron chi connectivity index (χ1n) is 15.2. The summed E-state index contributed by atoms with van der Waals surface area (Å²) in [6.07, 6.45) is 9.90. The molecule has 13 heteroatoms. The molecule has 1 aliphatic rings. The highest BCUT2D eigenvalue weighted by molar-refractivity contribution is 6.07. The normalized spacial score (nSPS) is 13.7. The van der Waals surface area contributed by atoms with Crippen molar-refractivity contribution >= 4 is 40.9 Å². The zero-order valence-electron chi connectivity index (χ0n) is 25.9. The van der Waals surface area contributed by atoms with E-state index in [0.29, 0.717) is 48.3 Å². The highest BCUT2D eigenvalue weighted by Gasteiger charge is 2.16. The average Bonchev–Trinajstić information content (AvgIpc) is 3.04. The highest BCUT2D eigenvalue weighted by Crippen LogP contribution is 2.19. The van der Waals surface area contributed by atoms with Crippen LogP contribution >= 0.6 is 0 Å². The summed E-state index contributed by atoms with van der Waals surface area (Å²) in [4.78, 5) is 55.3. The Balaban J connectivity index is 1.27. The summed E-state index contributed by atoms with van der Waals surface area (Å²) in [5, 5.41) is 14.6. The number of aromatic nitrogens is 3. The van der Waals surface area contributed by atoms with Gasteiger partial charge in [-0.25, -0.2) is 4.98 Å². The van der Waals surface area contributed by atoms with Crippen molar-refractivity contribution in [3.63, 3.8) is 0 Å². The van der Waals surface area contributed by atoms with Crippen molar-refractivity contribution in [3.05, 3.63) is 78.3 Å². The van der Waals surface area contributed by atoms with Gasteiger partial charge in [-0.15, -0.1) is 0 Å². The molecule has 1 fully saturated rings. The van der Waals surface area contributed by atoms with Crippen molar-refractivity contribution < 1.29 is 14.4 Å². The maximum atomic E-state index is 13.2. The van der Waals surface area contributed by atoms with Gasteiger partial charge in [-0.3, -0.25) is 24.3 Å². The van der Waals surface area contributed by atoms with Gasteiger partial charge in [0.15, 0.2) is 0 Å². The van der Waals surface area contributed by atoms with E-state index in [0.717, 1.165) is 44.6 Å². The summed E-state index contributed by atoms with van der Waals surface area (Å²) >= 11 is 0. The summed E-state index contributed by atoms with van der Waals surface area (Å²) in [7, 11) is 2.10. The Kier molecular flexibility index (Phi) is 12.8. The van der Waals surface area contributed by atoms with Crippen LogP contribution in [0.3, 0.4) is 0 Å². The van der Waals surface area contributed by atoms with Crippen LogP contribution in [0.5, 0.6) is 0 Å². The van der Waals surface area contributed by atoms with E-state index < -0.39 is 5.91 Å². The third-order valence-electron chi connectivity index (χ3n) is 7.08. The van der Waals surface area contributed by atoms with Crippen LogP contribution in [0.1, 0.15) is 29.3 Å². The lowest BCUT2D eigenvalue weighted by atomic mass is 10.2. The van der Waals surface area contributed by atoms with E-state index in [4.69, 9.17) is 0 Å². The Morgan fingerprint density at radius 2 is 1.71 bits per heavy atom. The molecule has 3 heterocycles. The van der Waals surface area contributed by atoms with Gasteiger partial charge in [0.25, 0.3) is 5.91 Å². The van der Waals surface area contributed by atoms with Gasteiger partial charge in [0.1, 0.15) is 11.4 Å². The monoisotopic (exact) mass is 614 g/mol. The Hall–Kier alpha value is -4.88. The maximum Gasteiger partial charge on any atom is 0.260 e. The number of rotatable bonds is 15. The third kappa shape index (κ3) is 11.3. The van der Waals surface area contributed by atoms with Gasteiger partial charge in [0.05, 0.1) is 6.54 Å². The standard InChI is InChI=1S/C32H42N10O3/c1-3-12-34-30-27(22-37-32(40-30)35-15-11-24-9-13-33-14-10-24)31(45)39-26-7-4-6-25(21-26)38-29(44)23-36-28(43)8-5-16-42-19-17-41(2)18-20-42/h4-10,13-14,21-22H,3,11-12,15-20,23H2,1-2H3,(H,36,43)(H,38,44)(H,39,45)(H2,34,35,37,40)/b8-5+. The number of carbonyl (C=O) groups is 3. The number of anilines is 4. The number of amides is 3. The molecular formula is C32H42N10O3. The molecule has 1 saturated heterocycles. The molecule has 0 spiro atoms. The van der Waals surface area contributed by atoms with E-state index in [1.54, 1.807) is 36.7 Å². The van der Waals surface area contributed by atoms with Crippen LogP contribution in [0, 0.1) is 0 Å². The average molecular weight is 615 g/mol. The summed E-state index contributed by atoms with van der Waals surface area (Å²) in [6, 6.07) is 10.7. The van der Waals surface area contributed by atoms with Crippen LogP contribution in [0.25, 0.3) is 0 Å². The topological polar surface area (TPSA) is 157 Å². The minimum Gasteiger partial charge on any atom is -0.369 e. The van der Waals surface area contributed by atoms with Crippen LogP contribution < -0.4 is 26.6 Å². The van der Waals surface area contributed by atoms with E-state index in [1.165, 1.54) is 12.3 Å². The SMILES string of the molecule is CCCNc1nc(NCCc2ccncc2)ncc1C(=O)Nc1cccc(NC(=O)CNC(=O)/C=C/CN2CCN(C)CC2)c1. The summed E-state index contributed by atoms with van der Waals surface area (Å²) in [5.41, 5.74) is 2.40. The third-order valence-corrected chi connectivity index (χ3v) is 7.08. The van der Waals surface area contributed by atoms with Crippen molar-refractivity contribution in [3.8, 4) is 0 Å². The number of nitrogens with one attached hydrogen (secondary N) is 5. The molecule has 1 aliphatic heterocycles. The lowest BCUT2D eigenvalue weighted by molar-refractivity contribution is -0.121. The van der Waals surface area contributed by atoms with E-state index >= 15 is 0 Å². The van der Waals surface area contributed by atoms with Gasteiger partial charge in [-0.1, -0.05) is 19.1 Å². The molecule has 0 unspecified atom stereocenters. The second-order valence-electron chi connectivity index (χ2n) is 10.7. The van der Waals surface area contributed by atoms with Crippen LogP contribution in [-0.4, -0.2) is 102 Å². The van der Waals surface area contributed by atoms with E-state index in [2.05, 4.69) is 58.4 Å².